The van der Waals surface area contributed by atoms with Crippen molar-refractivity contribution in [3.63, 3.8) is 0 Å². The molecule has 24 heavy (non-hydrogen) atoms. The average molecular weight is 312 g/mol. The summed E-state index contributed by atoms with van der Waals surface area (Å²) in [4.78, 5) is 7.03. The highest BCUT2D eigenvalue weighted by molar-refractivity contribution is 5.95. The van der Waals surface area contributed by atoms with E-state index in [0.717, 1.165) is 5.82 Å². The summed E-state index contributed by atoms with van der Waals surface area (Å²) in [5, 5.41) is 4.91. The molecule has 0 spiro atoms. The van der Waals surface area contributed by atoms with Crippen molar-refractivity contribution in [2.45, 2.75) is 19.9 Å². The minimum atomic E-state index is 0.310. The largest absolute Gasteiger partial charge is 0.323 e. The molecule has 0 aliphatic carbocycles. The lowest BCUT2D eigenvalue weighted by Gasteiger charge is -2.29. The second-order valence-electron chi connectivity index (χ2n) is 6.35. The Labute approximate surface area is 142 Å². The third-order valence-electron chi connectivity index (χ3n) is 4.41. The van der Waals surface area contributed by atoms with E-state index in [0.29, 0.717) is 6.04 Å². The van der Waals surface area contributed by atoms with Crippen LogP contribution < -0.4 is 4.90 Å². The van der Waals surface area contributed by atoms with Gasteiger partial charge in [0.15, 0.2) is 0 Å². The predicted octanol–water partition coefficient (Wildman–Crippen LogP) is 5.93. The van der Waals surface area contributed by atoms with Gasteiger partial charge in [-0.15, -0.1) is 0 Å². The summed E-state index contributed by atoms with van der Waals surface area (Å²) >= 11 is 0. The SMILES string of the molecule is CC(C)N(c1ccc2ccccc2c1)c1nccc2ccccc12. The number of aromatic nitrogens is 1. The number of benzene rings is 3. The molecule has 0 saturated heterocycles. The molecule has 0 atom stereocenters. The number of hydrogen-bond acceptors (Lipinski definition) is 2. The van der Waals surface area contributed by atoms with E-state index in [2.05, 4.69) is 91.5 Å². The molecule has 2 nitrogen and oxygen atoms in total. The van der Waals surface area contributed by atoms with Gasteiger partial charge in [0.05, 0.1) is 0 Å². The molecule has 0 amide bonds. The second kappa shape index (κ2) is 5.97. The molecule has 1 heterocycles. The van der Waals surface area contributed by atoms with E-state index in [4.69, 9.17) is 4.98 Å². The first-order valence-corrected chi connectivity index (χ1v) is 8.36. The van der Waals surface area contributed by atoms with E-state index >= 15 is 0 Å². The number of fused-ring (bicyclic) bond motifs is 2. The maximum absolute atomic E-state index is 4.71. The van der Waals surface area contributed by atoms with Gasteiger partial charge in [0, 0.05) is 23.3 Å². The zero-order chi connectivity index (χ0) is 16.5. The van der Waals surface area contributed by atoms with Gasteiger partial charge in [-0.1, -0.05) is 54.6 Å². The van der Waals surface area contributed by atoms with Crippen LogP contribution in [0, 0.1) is 0 Å². The van der Waals surface area contributed by atoms with Crippen LogP contribution in [-0.2, 0) is 0 Å². The molecular weight excluding hydrogens is 292 g/mol. The lowest BCUT2D eigenvalue weighted by Crippen LogP contribution is -2.26. The third kappa shape index (κ3) is 2.50. The number of rotatable bonds is 3. The molecule has 0 saturated carbocycles. The van der Waals surface area contributed by atoms with Crippen LogP contribution in [0.2, 0.25) is 0 Å². The predicted molar refractivity (Wildman–Crippen MR) is 103 cm³/mol. The van der Waals surface area contributed by atoms with Crippen molar-refractivity contribution >= 4 is 33.1 Å². The molecule has 0 N–H and O–H groups in total. The highest BCUT2D eigenvalue weighted by atomic mass is 15.2. The monoisotopic (exact) mass is 312 g/mol. The zero-order valence-corrected chi connectivity index (χ0v) is 14.0. The Kier molecular flexibility index (Phi) is 3.66. The van der Waals surface area contributed by atoms with E-state index in [1.807, 2.05) is 6.20 Å². The standard InChI is InChI=1S/C22H20N2/c1-16(2)24(20-12-11-17-7-3-4-9-19(17)15-20)22-21-10-6-5-8-18(21)13-14-23-22/h3-16H,1-2H3. The molecule has 0 aliphatic heterocycles. The fourth-order valence-corrected chi connectivity index (χ4v) is 3.29. The van der Waals surface area contributed by atoms with Crippen LogP contribution in [-0.4, -0.2) is 11.0 Å². The van der Waals surface area contributed by atoms with Crippen molar-refractivity contribution in [3.8, 4) is 0 Å². The maximum atomic E-state index is 4.71. The Hall–Kier alpha value is -2.87. The first-order valence-electron chi connectivity index (χ1n) is 8.36. The van der Waals surface area contributed by atoms with Gasteiger partial charge in [-0.25, -0.2) is 4.98 Å². The van der Waals surface area contributed by atoms with Crippen LogP contribution in [0.4, 0.5) is 11.5 Å². The summed E-state index contributed by atoms with van der Waals surface area (Å²) in [5.74, 6) is 1.01. The number of nitrogens with zero attached hydrogens (tertiary/aromatic N) is 2. The number of pyridine rings is 1. The third-order valence-corrected chi connectivity index (χ3v) is 4.41. The van der Waals surface area contributed by atoms with E-state index in [1.165, 1.54) is 27.2 Å². The molecule has 0 unspecified atom stereocenters. The maximum Gasteiger partial charge on any atom is 0.141 e. The Balaban J connectivity index is 1.92. The summed E-state index contributed by atoms with van der Waals surface area (Å²) in [5.41, 5.74) is 1.17. The van der Waals surface area contributed by atoms with Crippen molar-refractivity contribution in [1.29, 1.82) is 0 Å². The molecule has 4 aromatic rings. The van der Waals surface area contributed by atoms with Crippen LogP contribution in [0.5, 0.6) is 0 Å². The van der Waals surface area contributed by atoms with E-state index in [-0.39, 0.29) is 0 Å². The van der Waals surface area contributed by atoms with Crippen LogP contribution in [0.1, 0.15) is 13.8 Å². The van der Waals surface area contributed by atoms with Gasteiger partial charge in [-0.05, 0) is 48.2 Å². The summed E-state index contributed by atoms with van der Waals surface area (Å²) in [6.07, 6.45) is 1.90. The van der Waals surface area contributed by atoms with Crippen LogP contribution in [0.15, 0.2) is 79.0 Å². The first-order chi connectivity index (χ1) is 11.7. The summed E-state index contributed by atoms with van der Waals surface area (Å²) in [6.45, 7) is 4.41. The van der Waals surface area contributed by atoms with Gasteiger partial charge in [0.1, 0.15) is 5.82 Å². The topological polar surface area (TPSA) is 16.1 Å². The normalized spacial score (nSPS) is 11.3. The van der Waals surface area contributed by atoms with Gasteiger partial charge in [-0.2, -0.15) is 0 Å². The lowest BCUT2D eigenvalue weighted by molar-refractivity contribution is 0.781. The lowest BCUT2D eigenvalue weighted by atomic mass is 10.1. The molecule has 1 aromatic heterocycles. The molecule has 4 rings (SSSR count). The molecule has 0 fully saturated rings. The molecule has 3 aromatic carbocycles. The summed E-state index contributed by atoms with van der Waals surface area (Å²) < 4.78 is 0. The van der Waals surface area contributed by atoms with Gasteiger partial charge in [-0.3, -0.25) is 0 Å². The highest BCUT2D eigenvalue weighted by Crippen LogP contribution is 2.33. The molecule has 118 valence electrons. The minimum absolute atomic E-state index is 0.310. The minimum Gasteiger partial charge on any atom is -0.323 e. The Morgan fingerprint density at radius 1 is 0.750 bits per heavy atom. The van der Waals surface area contributed by atoms with E-state index in [9.17, 15) is 0 Å². The Morgan fingerprint density at radius 2 is 1.46 bits per heavy atom. The van der Waals surface area contributed by atoms with Crippen molar-refractivity contribution in [3.05, 3.63) is 79.0 Å². The van der Waals surface area contributed by atoms with Gasteiger partial charge in [0.2, 0.25) is 0 Å². The molecule has 0 aliphatic rings. The Bertz CT molecular complexity index is 999. The molecular formula is C22H20N2. The molecule has 0 bridgehead atoms. The van der Waals surface area contributed by atoms with Crippen LogP contribution in [0.25, 0.3) is 21.5 Å². The second-order valence-corrected chi connectivity index (χ2v) is 6.35. The number of anilines is 2. The highest BCUT2D eigenvalue weighted by Gasteiger charge is 2.17. The molecule has 2 heteroatoms. The fourth-order valence-electron chi connectivity index (χ4n) is 3.29. The van der Waals surface area contributed by atoms with Crippen LogP contribution in [0.3, 0.4) is 0 Å². The smallest absolute Gasteiger partial charge is 0.141 e. The van der Waals surface area contributed by atoms with Gasteiger partial charge >= 0.3 is 0 Å². The van der Waals surface area contributed by atoms with Crippen molar-refractivity contribution < 1.29 is 0 Å². The van der Waals surface area contributed by atoms with Gasteiger partial charge in [0.25, 0.3) is 0 Å². The van der Waals surface area contributed by atoms with Crippen molar-refractivity contribution in [2.24, 2.45) is 0 Å². The fraction of sp³-hybridized carbons (Fsp3) is 0.136. The summed E-state index contributed by atoms with van der Waals surface area (Å²) in [6, 6.07) is 25.9. The van der Waals surface area contributed by atoms with Gasteiger partial charge < -0.3 is 4.90 Å². The van der Waals surface area contributed by atoms with E-state index in [1.54, 1.807) is 0 Å². The quantitative estimate of drug-likeness (QED) is 0.466. The van der Waals surface area contributed by atoms with Crippen molar-refractivity contribution in [1.82, 2.24) is 4.98 Å². The van der Waals surface area contributed by atoms with E-state index < -0.39 is 0 Å². The Morgan fingerprint density at radius 3 is 2.25 bits per heavy atom. The summed E-state index contributed by atoms with van der Waals surface area (Å²) in [7, 11) is 0. The molecule has 0 radical (unpaired) electrons. The van der Waals surface area contributed by atoms with Crippen LogP contribution >= 0.6 is 0 Å². The van der Waals surface area contributed by atoms with Crippen molar-refractivity contribution in [2.75, 3.05) is 4.90 Å². The number of hydrogen-bond donors (Lipinski definition) is 0. The first kappa shape index (κ1) is 14.7. The average Bonchev–Trinajstić information content (AvgIpc) is 2.62. The zero-order valence-electron chi connectivity index (χ0n) is 14.0.